The van der Waals surface area contributed by atoms with E-state index in [1.165, 1.54) is 11.3 Å². The number of carboxylic acids is 2. The molecule has 4 rings (SSSR count). The third-order valence-corrected chi connectivity index (χ3v) is 7.82. The predicted molar refractivity (Wildman–Crippen MR) is 164 cm³/mol. The van der Waals surface area contributed by atoms with Gasteiger partial charge in [-0.2, -0.15) is 0 Å². The number of benzene rings is 2. The summed E-state index contributed by atoms with van der Waals surface area (Å²) in [4.78, 5) is 37.5. The van der Waals surface area contributed by atoms with Gasteiger partial charge in [-0.25, -0.2) is 4.98 Å². The number of aromatic nitrogens is 2. The number of thiophene rings is 1. The Labute approximate surface area is 253 Å². The first-order chi connectivity index (χ1) is 19.9. The molecule has 0 fully saturated rings. The molecule has 224 valence electrons. The van der Waals surface area contributed by atoms with E-state index in [1.807, 2.05) is 55.7 Å². The van der Waals surface area contributed by atoms with Crippen molar-refractivity contribution in [2.24, 2.45) is 11.7 Å². The van der Waals surface area contributed by atoms with Gasteiger partial charge in [0.15, 0.2) is 0 Å². The molecule has 12 heteroatoms. The largest absolute Gasteiger partial charge is 0.484 e. The third kappa shape index (κ3) is 8.54. The molecule has 0 spiro atoms. The maximum Gasteiger partial charge on any atom is 0.320 e. The van der Waals surface area contributed by atoms with Gasteiger partial charge in [0.2, 0.25) is 0 Å². The van der Waals surface area contributed by atoms with Crippen molar-refractivity contribution in [2.75, 3.05) is 6.54 Å². The van der Waals surface area contributed by atoms with Gasteiger partial charge in [0, 0.05) is 23.6 Å². The van der Waals surface area contributed by atoms with Gasteiger partial charge in [0.25, 0.3) is 11.9 Å². The zero-order valence-electron chi connectivity index (χ0n) is 23.8. The molecule has 1 amide bonds. The number of hydrogen-bond acceptors (Lipinski definition) is 7. The van der Waals surface area contributed by atoms with Crippen LogP contribution in [0.25, 0.3) is 16.0 Å². The number of carbonyl (C=O) groups excluding carboxylic acids is 1. The number of rotatable bonds is 12. The number of fused-ring (bicyclic) bond motifs is 1. The van der Waals surface area contributed by atoms with Crippen LogP contribution in [-0.4, -0.2) is 50.2 Å². The van der Waals surface area contributed by atoms with Crippen LogP contribution in [0.4, 0.5) is 0 Å². The minimum Gasteiger partial charge on any atom is -0.484 e. The molecule has 4 aromatic rings. The lowest BCUT2D eigenvalue weighted by molar-refractivity contribution is -0.140. The number of carbonyl (C=O) groups is 3. The van der Waals surface area contributed by atoms with Gasteiger partial charge >= 0.3 is 5.97 Å². The monoisotopic (exact) mass is 614 g/mol. The van der Waals surface area contributed by atoms with E-state index in [1.54, 1.807) is 18.5 Å². The molecule has 10 nitrogen and oxygen atoms in total. The topological polar surface area (TPSA) is 157 Å². The van der Waals surface area contributed by atoms with Gasteiger partial charge < -0.3 is 26.0 Å². The summed E-state index contributed by atoms with van der Waals surface area (Å²) in [5.41, 5.74) is 9.31. The van der Waals surface area contributed by atoms with E-state index in [0.717, 1.165) is 46.9 Å². The van der Waals surface area contributed by atoms with E-state index in [4.69, 9.17) is 32.0 Å². The molecule has 0 saturated carbocycles. The second kappa shape index (κ2) is 14.8. The molecule has 0 aliphatic heterocycles. The minimum absolute atomic E-state index is 0.0100. The molecule has 2 aromatic heterocycles. The molecule has 42 heavy (non-hydrogen) atoms. The van der Waals surface area contributed by atoms with E-state index in [-0.39, 0.29) is 12.0 Å². The van der Waals surface area contributed by atoms with E-state index < -0.39 is 23.9 Å². The van der Waals surface area contributed by atoms with Gasteiger partial charge in [0.05, 0.1) is 11.0 Å². The summed E-state index contributed by atoms with van der Waals surface area (Å²) in [7, 11) is 0. The lowest BCUT2D eigenvalue weighted by Gasteiger charge is -2.17. The van der Waals surface area contributed by atoms with Gasteiger partial charge in [-0.1, -0.05) is 49.7 Å². The van der Waals surface area contributed by atoms with Crippen LogP contribution in [-0.2, 0) is 16.0 Å². The number of ether oxygens (including phenoxy) is 1. The first-order valence-electron chi connectivity index (χ1n) is 13.4. The molecule has 5 N–H and O–H groups in total. The van der Waals surface area contributed by atoms with E-state index in [0.29, 0.717) is 22.2 Å². The predicted octanol–water partition coefficient (Wildman–Crippen LogP) is 5.70. The summed E-state index contributed by atoms with van der Waals surface area (Å²) in [6.45, 7) is 7.34. The molecule has 0 saturated heterocycles. The number of hydrogen-bond donors (Lipinski definition) is 4. The van der Waals surface area contributed by atoms with Crippen LogP contribution in [0.2, 0.25) is 5.02 Å². The van der Waals surface area contributed by atoms with Crippen molar-refractivity contribution < 1.29 is 29.3 Å². The summed E-state index contributed by atoms with van der Waals surface area (Å²) in [5.74, 6) is -1.83. The molecule has 2 aromatic carbocycles. The standard InChI is InChI=1S/C28H31ClN4O4S.C2H4O2/c1-16(2)25(28(35)36)31-12-6-7-18-10-11-21-22(13-18)33(15-32-21)24-14-23(26(38-24)27(30)34)37-17(3)19-8-4-5-9-20(19)29;1-2(3)4/h4-5,8-11,13-17,25,31H,6-7,12H2,1-3H3,(H2,30,34)(H,35,36);1H3,(H,3,4)/t17-,25+;/m1./s1. The van der Waals surface area contributed by atoms with Gasteiger partial charge in [0.1, 0.15) is 34.1 Å². The normalized spacial score (nSPS) is 12.4. The third-order valence-electron chi connectivity index (χ3n) is 6.34. The quantitative estimate of drug-likeness (QED) is 0.148. The summed E-state index contributed by atoms with van der Waals surface area (Å²) < 4.78 is 8.07. The Kier molecular flexibility index (Phi) is 11.5. The number of amides is 1. The van der Waals surface area contributed by atoms with Crippen molar-refractivity contribution >= 4 is 51.8 Å². The summed E-state index contributed by atoms with van der Waals surface area (Å²) >= 11 is 7.57. The Balaban J connectivity index is 0.00000114. The van der Waals surface area contributed by atoms with Crippen molar-refractivity contribution in [1.29, 1.82) is 0 Å². The Morgan fingerprint density at radius 3 is 2.43 bits per heavy atom. The number of nitrogens with one attached hydrogen (secondary N) is 1. The molecule has 2 heterocycles. The lowest BCUT2D eigenvalue weighted by atomic mass is 10.0. The smallest absolute Gasteiger partial charge is 0.320 e. The summed E-state index contributed by atoms with van der Waals surface area (Å²) in [6, 6.07) is 14.7. The second-order valence-corrected chi connectivity index (χ2v) is 11.4. The Morgan fingerprint density at radius 1 is 1.12 bits per heavy atom. The fourth-order valence-corrected chi connectivity index (χ4v) is 5.56. The number of aryl methyl sites for hydroxylation is 1. The molecule has 0 aliphatic carbocycles. The van der Waals surface area contributed by atoms with Crippen LogP contribution >= 0.6 is 22.9 Å². The number of imidazole rings is 1. The zero-order chi connectivity index (χ0) is 31.0. The highest BCUT2D eigenvalue weighted by atomic mass is 35.5. The number of nitrogens with two attached hydrogens (primary N) is 1. The maximum atomic E-state index is 12.2. The minimum atomic E-state index is -0.833. The van der Waals surface area contributed by atoms with Crippen molar-refractivity contribution in [3.63, 3.8) is 0 Å². The lowest BCUT2D eigenvalue weighted by Crippen LogP contribution is -2.41. The second-order valence-electron chi connectivity index (χ2n) is 10.00. The molecular weight excluding hydrogens is 580 g/mol. The molecule has 0 radical (unpaired) electrons. The number of halogens is 1. The van der Waals surface area contributed by atoms with Crippen molar-refractivity contribution in [1.82, 2.24) is 14.9 Å². The Hall–Kier alpha value is -3.93. The summed E-state index contributed by atoms with van der Waals surface area (Å²) in [6.07, 6.45) is 2.90. The van der Waals surface area contributed by atoms with E-state index in [2.05, 4.69) is 16.4 Å². The van der Waals surface area contributed by atoms with Gasteiger partial charge in [-0.15, -0.1) is 11.3 Å². The van der Waals surface area contributed by atoms with Crippen LogP contribution in [0.15, 0.2) is 54.9 Å². The Bertz CT molecular complexity index is 1550. The number of primary amides is 1. The SMILES string of the molecule is CC(=O)O.CC(C)[C@H](NCCCc1ccc2ncn(-c3cc(O[C@H](C)c4ccccc4Cl)c(C(N)=O)s3)c2c1)C(=O)O. The highest BCUT2D eigenvalue weighted by Gasteiger charge is 2.22. The van der Waals surface area contributed by atoms with Crippen LogP contribution in [0, 0.1) is 5.92 Å². The number of aliphatic carboxylic acids is 2. The van der Waals surface area contributed by atoms with E-state index in [9.17, 15) is 14.7 Å². The molecule has 0 aliphatic rings. The highest BCUT2D eigenvalue weighted by molar-refractivity contribution is 7.16. The van der Waals surface area contributed by atoms with Gasteiger partial charge in [-0.3, -0.25) is 19.0 Å². The summed E-state index contributed by atoms with van der Waals surface area (Å²) in [5, 5.41) is 21.2. The zero-order valence-corrected chi connectivity index (χ0v) is 25.4. The molecular formula is C30H35ClN4O6S. The average Bonchev–Trinajstić information content (AvgIpc) is 3.52. The fourth-order valence-electron chi connectivity index (χ4n) is 4.34. The maximum absolute atomic E-state index is 12.2. The highest BCUT2D eigenvalue weighted by Crippen LogP contribution is 2.37. The first kappa shape index (κ1) is 32.6. The fraction of sp³-hybridized carbons (Fsp3) is 0.333. The van der Waals surface area contributed by atoms with E-state index >= 15 is 0 Å². The van der Waals surface area contributed by atoms with Crippen LogP contribution in [0.1, 0.15) is 61.0 Å². The van der Waals surface area contributed by atoms with Gasteiger partial charge in [-0.05, 0) is 56.0 Å². The van der Waals surface area contributed by atoms with Crippen molar-refractivity contribution in [2.45, 2.75) is 52.7 Å². The van der Waals surface area contributed by atoms with Crippen LogP contribution in [0.5, 0.6) is 5.75 Å². The molecule has 0 unspecified atom stereocenters. The number of carboxylic acid groups (broad SMARTS) is 2. The van der Waals surface area contributed by atoms with Crippen LogP contribution in [0.3, 0.4) is 0 Å². The molecule has 0 bridgehead atoms. The van der Waals surface area contributed by atoms with Crippen molar-refractivity contribution in [3.05, 3.63) is 75.9 Å². The molecule has 2 atom stereocenters. The Morgan fingerprint density at radius 2 is 1.81 bits per heavy atom. The van der Waals surface area contributed by atoms with Crippen LogP contribution < -0.4 is 15.8 Å². The average molecular weight is 615 g/mol. The van der Waals surface area contributed by atoms with Crippen molar-refractivity contribution in [3.8, 4) is 10.8 Å². The number of nitrogens with zero attached hydrogens (tertiary/aromatic N) is 2. The first-order valence-corrected chi connectivity index (χ1v) is 14.5.